The van der Waals surface area contributed by atoms with Crippen LogP contribution in [0.25, 0.3) is 84.9 Å². The maximum Gasteiger partial charge on any atom is 0.252 e. The van der Waals surface area contributed by atoms with Crippen LogP contribution in [0.1, 0.15) is 0 Å². The van der Waals surface area contributed by atoms with Crippen LogP contribution in [-0.4, -0.2) is 13.4 Å². The number of para-hydroxylation sites is 8. The zero-order chi connectivity index (χ0) is 64.1. The molecule has 4 aliphatic heterocycles. The molecule has 0 bridgehead atoms. The molecule has 0 spiro atoms. The van der Waals surface area contributed by atoms with Gasteiger partial charge in [0.2, 0.25) is 0 Å². The summed E-state index contributed by atoms with van der Waals surface area (Å²) in [4.78, 5) is 10.1. The minimum Gasteiger partial charge on any atom is -0.311 e. The van der Waals surface area contributed by atoms with Gasteiger partial charge < -0.3 is 19.6 Å². The first-order chi connectivity index (χ1) is 48.7. The second-order valence-electron chi connectivity index (χ2n) is 26.2. The first kappa shape index (κ1) is 55.4. The molecule has 8 heteroatoms. The Bertz CT molecular complexity index is 5530. The molecule has 0 fully saturated rings. The molecular weight excluding hydrogens is 1220 g/mol. The summed E-state index contributed by atoms with van der Waals surface area (Å²) in [5.41, 5.74) is 31.5. The van der Waals surface area contributed by atoms with Crippen LogP contribution in [0.4, 0.5) is 68.2 Å². The van der Waals surface area contributed by atoms with E-state index in [1.54, 1.807) is 0 Å². The molecule has 4 nitrogen and oxygen atoms in total. The topological polar surface area (TPSA) is 13.0 Å². The SMILES string of the molecule is c1ccc(N2c3ccccc3B3c4ccccc4N(c4ccccc4)c4cc(-c5cccc(-c6c7sc8ccccc8c7c(-c7cccc(-c8cc9c%10c(c8)N(c8ccccc8)c8ccccc8B%10c8ccccc8N9c8ccccc8)c7)c7sc8ccccc8c67)c5)cc2c43)cc1. The molecule has 6 heterocycles. The first-order valence-electron chi connectivity index (χ1n) is 33.8. The van der Waals surface area contributed by atoms with Crippen LogP contribution in [-0.2, 0) is 0 Å². The van der Waals surface area contributed by atoms with Crippen LogP contribution in [0.2, 0.25) is 0 Å². The van der Waals surface area contributed by atoms with Crippen LogP contribution in [0.5, 0.6) is 0 Å². The largest absolute Gasteiger partial charge is 0.311 e. The number of nitrogens with zero attached hydrogens (tertiary/aromatic N) is 4. The molecule has 0 atom stereocenters. The summed E-state index contributed by atoms with van der Waals surface area (Å²) in [6, 6.07) is 127. The van der Waals surface area contributed by atoms with Gasteiger partial charge in [-0.05, 0) is 187 Å². The lowest BCUT2D eigenvalue weighted by Crippen LogP contribution is -2.61. The van der Waals surface area contributed by atoms with Crippen molar-refractivity contribution in [1.29, 1.82) is 0 Å². The van der Waals surface area contributed by atoms with Gasteiger partial charge >= 0.3 is 0 Å². The summed E-state index contributed by atoms with van der Waals surface area (Å²) in [7, 11) is 0. The van der Waals surface area contributed by atoms with Gasteiger partial charge in [0.15, 0.2) is 0 Å². The Labute approximate surface area is 577 Å². The zero-order valence-electron chi connectivity index (χ0n) is 53.1. The number of fused-ring (bicyclic) bond motifs is 14. The molecule has 0 radical (unpaired) electrons. The molecule has 0 amide bonds. The molecule has 21 rings (SSSR count). The molecular formula is C90H56B2N4S2. The average molecular weight is 1280 g/mol. The molecule has 0 saturated heterocycles. The van der Waals surface area contributed by atoms with E-state index in [9.17, 15) is 0 Å². The van der Waals surface area contributed by atoms with E-state index < -0.39 is 0 Å². The fourth-order valence-electron chi connectivity index (χ4n) is 17.0. The van der Waals surface area contributed by atoms with Gasteiger partial charge in [0.05, 0.1) is 0 Å². The molecule has 15 aromatic carbocycles. The van der Waals surface area contributed by atoms with Crippen molar-refractivity contribution in [3.05, 3.63) is 340 Å². The number of benzene rings is 15. The molecule has 0 unspecified atom stereocenters. The van der Waals surface area contributed by atoms with Gasteiger partial charge in [-0.2, -0.15) is 0 Å². The second-order valence-corrected chi connectivity index (χ2v) is 28.3. The summed E-state index contributed by atoms with van der Waals surface area (Å²) in [6.45, 7) is 0.0516. The average Bonchev–Trinajstić information content (AvgIpc) is 1.09. The predicted molar refractivity (Wildman–Crippen MR) is 422 cm³/mol. The lowest BCUT2D eigenvalue weighted by molar-refractivity contribution is 1.25. The number of anilines is 12. The summed E-state index contributed by atoms with van der Waals surface area (Å²) in [6.07, 6.45) is 0. The summed E-state index contributed by atoms with van der Waals surface area (Å²) >= 11 is 3.86. The molecule has 98 heavy (non-hydrogen) atoms. The van der Waals surface area contributed by atoms with E-state index in [2.05, 4.69) is 359 Å². The van der Waals surface area contributed by atoms with Crippen LogP contribution in [0, 0.1) is 0 Å². The van der Waals surface area contributed by atoms with E-state index in [0.29, 0.717) is 0 Å². The maximum atomic E-state index is 2.51. The standard InChI is InChI=1S/C90H56B2N4S2/c1-5-31-63(32-6-1)93-73-45-19-15-41-69(73)91-70-42-16-20-46-74(70)94(64-33-7-2-8-34-64)78-54-61(53-77(93)87(78)91)57-27-25-29-59(51-57)83-85-67-39-13-23-49-81(67)98-90(85)84(86-68-40-14-24-50-82(68)97-89(83)86)60-30-26-28-58(52-60)62-55-79-88-80(56-62)96(66-37-11-4-12-38-66)76-48-22-18-44-72(76)92(88)71-43-17-21-47-75(71)95(79)65-35-9-3-10-36-65/h1-56H. The highest BCUT2D eigenvalue weighted by molar-refractivity contribution is 7.28. The fraction of sp³-hybridized carbons (Fsp3) is 0. The minimum absolute atomic E-state index is 0.0258. The van der Waals surface area contributed by atoms with E-state index in [4.69, 9.17) is 0 Å². The third-order valence-corrected chi connectivity index (χ3v) is 23.3. The third kappa shape index (κ3) is 8.19. The highest BCUT2D eigenvalue weighted by Crippen LogP contribution is 2.56. The van der Waals surface area contributed by atoms with Gasteiger partial charge in [0, 0.05) is 120 Å². The molecule has 0 saturated carbocycles. The highest BCUT2D eigenvalue weighted by Gasteiger charge is 2.45. The van der Waals surface area contributed by atoms with Gasteiger partial charge in [0.25, 0.3) is 13.4 Å². The Morgan fingerprint density at radius 2 is 0.490 bits per heavy atom. The number of hydrogen-bond acceptors (Lipinski definition) is 6. The Hall–Kier alpha value is -11.9. The second kappa shape index (κ2) is 21.8. The van der Waals surface area contributed by atoms with Gasteiger partial charge in [0.1, 0.15) is 0 Å². The number of thiophene rings is 2. The van der Waals surface area contributed by atoms with Crippen LogP contribution >= 0.6 is 22.7 Å². The van der Waals surface area contributed by atoms with Crippen molar-refractivity contribution in [3.63, 3.8) is 0 Å². The highest BCUT2D eigenvalue weighted by atomic mass is 32.1. The van der Waals surface area contributed by atoms with Crippen molar-refractivity contribution in [1.82, 2.24) is 0 Å². The van der Waals surface area contributed by atoms with Crippen molar-refractivity contribution < 1.29 is 0 Å². The molecule has 2 aromatic heterocycles. The fourth-order valence-corrected chi connectivity index (χ4v) is 19.5. The van der Waals surface area contributed by atoms with Gasteiger partial charge in [-0.1, -0.05) is 218 Å². The first-order valence-corrected chi connectivity index (χ1v) is 35.4. The van der Waals surface area contributed by atoms with Crippen molar-refractivity contribution in [3.8, 4) is 44.5 Å². The normalized spacial score (nSPS) is 13.2. The molecule has 0 aliphatic carbocycles. The minimum atomic E-state index is 0.0258. The summed E-state index contributed by atoms with van der Waals surface area (Å²) in [5, 5.41) is 5.13. The summed E-state index contributed by atoms with van der Waals surface area (Å²) < 4.78 is 5.13. The van der Waals surface area contributed by atoms with Crippen LogP contribution < -0.4 is 52.4 Å². The molecule has 454 valence electrons. The van der Waals surface area contributed by atoms with Gasteiger partial charge in [-0.15, -0.1) is 22.7 Å². The van der Waals surface area contributed by atoms with Crippen molar-refractivity contribution in [2.75, 3.05) is 19.6 Å². The maximum absolute atomic E-state index is 2.51. The molecule has 4 aliphatic rings. The van der Waals surface area contributed by atoms with Gasteiger partial charge in [-0.3, -0.25) is 0 Å². The zero-order valence-corrected chi connectivity index (χ0v) is 54.7. The quantitative estimate of drug-likeness (QED) is 0.141. The number of rotatable bonds is 8. The lowest BCUT2D eigenvalue weighted by atomic mass is 9.33. The van der Waals surface area contributed by atoms with E-state index in [1.807, 2.05) is 22.7 Å². The Kier molecular flexibility index (Phi) is 12.3. The van der Waals surface area contributed by atoms with E-state index in [1.165, 1.54) is 141 Å². The smallest absolute Gasteiger partial charge is 0.252 e. The lowest BCUT2D eigenvalue weighted by Gasteiger charge is -2.44. The third-order valence-electron chi connectivity index (χ3n) is 20.9. The Balaban J connectivity index is 0.788. The molecule has 17 aromatic rings. The predicted octanol–water partition coefficient (Wildman–Crippen LogP) is 21.3. The van der Waals surface area contributed by atoms with Crippen molar-refractivity contribution in [2.24, 2.45) is 0 Å². The van der Waals surface area contributed by atoms with Crippen molar-refractivity contribution in [2.45, 2.75) is 0 Å². The number of hydrogen-bond donors (Lipinski definition) is 0. The van der Waals surface area contributed by atoms with E-state index in [-0.39, 0.29) is 13.4 Å². The summed E-state index contributed by atoms with van der Waals surface area (Å²) in [5.74, 6) is 0. The van der Waals surface area contributed by atoms with E-state index in [0.717, 1.165) is 45.0 Å². The Morgan fingerprint density at radius 3 is 0.816 bits per heavy atom. The molecule has 0 N–H and O–H groups in total. The Morgan fingerprint density at radius 1 is 0.214 bits per heavy atom. The monoisotopic (exact) mass is 1280 g/mol. The van der Waals surface area contributed by atoms with Crippen LogP contribution in [0.15, 0.2) is 340 Å². The van der Waals surface area contributed by atoms with Gasteiger partial charge in [-0.25, -0.2) is 0 Å². The van der Waals surface area contributed by atoms with Crippen molar-refractivity contribution >= 4 is 177 Å². The van der Waals surface area contributed by atoms with E-state index >= 15 is 0 Å². The van der Waals surface area contributed by atoms with Crippen LogP contribution in [0.3, 0.4) is 0 Å².